The summed E-state index contributed by atoms with van der Waals surface area (Å²) in [6.45, 7) is 11.6. The lowest BCUT2D eigenvalue weighted by atomic mass is 9.57. The molecule has 10 heteroatoms. The zero-order valence-corrected chi connectivity index (χ0v) is 22.1. The standard InChI is InChI=1S/C27H35FN4O5/c1-25(2,3)37-24(36)30-12-10-27(11-13-30)15-32(26(27,4)5)18-7-6-16-17(21(18)28)14-31(23(16)35)19-8-9-20(33)29-22(19)34/h6-7,19H,8-15H2,1-5H3,(H,29,33,34). The van der Waals surface area contributed by atoms with Gasteiger partial charge in [-0.15, -0.1) is 0 Å². The van der Waals surface area contributed by atoms with Crippen LogP contribution < -0.4 is 10.2 Å². The number of imide groups is 1. The molecule has 1 aromatic carbocycles. The van der Waals surface area contributed by atoms with Gasteiger partial charge in [0.2, 0.25) is 11.8 Å². The number of anilines is 1. The van der Waals surface area contributed by atoms with Crippen LogP contribution in [0.4, 0.5) is 14.9 Å². The van der Waals surface area contributed by atoms with Gasteiger partial charge in [-0.1, -0.05) is 0 Å². The number of benzene rings is 1. The molecule has 1 aromatic rings. The van der Waals surface area contributed by atoms with Crippen molar-refractivity contribution in [1.29, 1.82) is 0 Å². The summed E-state index contributed by atoms with van der Waals surface area (Å²) >= 11 is 0. The van der Waals surface area contributed by atoms with Crippen LogP contribution in [0.1, 0.15) is 76.2 Å². The quantitative estimate of drug-likeness (QED) is 0.609. The normalized spacial score (nSPS) is 24.6. The number of rotatable bonds is 2. The maximum Gasteiger partial charge on any atom is 0.410 e. The van der Waals surface area contributed by atoms with Crippen LogP contribution in [0.25, 0.3) is 0 Å². The van der Waals surface area contributed by atoms with Crippen LogP contribution in [0.3, 0.4) is 0 Å². The molecular formula is C27H35FN4O5. The van der Waals surface area contributed by atoms with Crippen molar-refractivity contribution in [1.82, 2.24) is 15.1 Å². The summed E-state index contributed by atoms with van der Waals surface area (Å²) in [7, 11) is 0. The molecular weight excluding hydrogens is 479 g/mol. The van der Waals surface area contributed by atoms with Gasteiger partial charge in [0.25, 0.3) is 5.91 Å². The predicted molar refractivity (Wildman–Crippen MR) is 133 cm³/mol. The topological polar surface area (TPSA) is 99.3 Å². The average molecular weight is 515 g/mol. The molecule has 5 rings (SSSR count). The zero-order valence-electron chi connectivity index (χ0n) is 22.1. The second kappa shape index (κ2) is 8.43. The van der Waals surface area contributed by atoms with E-state index in [1.807, 2.05) is 25.7 Å². The Balaban J connectivity index is 1.30. The first-order valence-corrected chi connectivity index (χ1v) is 13.0. The molecule has 37 heavy (non-hydrogen) atoms. The molecule has 0 aromatic heterocycles. The van der Waals surface area contributed by atoms with E-state index >= 15 is 4.39 Å². The summed E-state index contributed by atoms with van der Waals surface area (Å²) in [5.74, 6) is -1.69. The molecule has 0 radical (unpaired) electrons. The maximum atomic E-state index is 15.9. The summed E-state index contributed by atoms with van der Waals surface area (Å²) in [4.78, 5) is 54.5. The van der Waals surface area contributed by atoms with Crippen LogP contribution in [0.5, 0.6) is 0 Å². The second-order valence-corrected chi connectivity index (χ2v) is 12.2. The van der Waals surface area contributed by atoms with Crippen molar-refractivity contribution in [2.24, 2.45) is 5.41 Å². The molecule has 4 amide bonds. The van der Waals surface area contributed by atoms with Gasteiger partial charge in [-0.2, -0.15) is 0 Å². The molecule has 1 atom stereocenters. The molecule has 1 N–H and O–H groups in total. The Bertz CT molecular complexity index is 1180. The third-order valence-electron chi connectivity index (χ3n) is 8.73. The summed E-state index contributed by atoms with van der Waals surface area (Å²) < 4.78 is 21.4. The number of carbonyl (C=O) groups is 4. The molecule has 4 heterocycles. The molecule has 0 bridgehead atoms. The summed E-state index contributed by atoms with van der Waals surface area (Å²) in [5.41, 5.74) is 0.0497. The highest BCUT2D eigenvalue weighted by molar-refractivity contribution is 6.05. The summed E-state index contributed by atoms with van der Waals surface area (Å²) in [6, 6.07) is 2.53. The molecule has 4 aliphatic heterocycles. The predicted octanol–water partition coefficient (Wildman–Crippen LogP) is 3.20. The van der Waals surface area contributed by atoms with Gasteiger partial charge in [0.05, 0.1) is 12.2 Å². The molecule has 0 saturated carbocycles. The van der Waals surface area contributed by atoms with Crippen molar-refractivity contribution in [2.75, 3.05) is 24.5 Å². The van der Waals surface area contributed by atoms with Gasteiger partial charge in [-0.05, 0) is 66.0 Å². The highest BCUT2D eigenvalue weighted by Gasteiger charge is 2.60. The van der Waals surface area contributed by atoms with E-state index < -0.39 is 23.4 Å². The van der Waals surface area contributed by atoms with E-state index in [2.05, 4.69) is 19.2 Å². The number of fused-ring (bicyclic) bond motifs is 1. The largest absolute Gasteiger partial charge is 0.444 e. The fraction of sp³-hybridized carbons (Fsp3) is 0.630. The van der Waals surface area contributed by atoms with Crippen molar-refractivity contribution in [3.8, 4) is 0 Å². The number of nitrogens with zero attached hydrogens (tertiary/aromatic N) is 3. The Morgan fingerprint density at radius 2 is 1.81 bits per heavy atom. The molecule has 0 aliphatic carbocycles. The lowest BCUT2D eigenvalue weighted by molar-refractivity contribution is -0.136. The fourth-order valence-corrected chi connectivity index (χ4v) is 6.29. The van der Waals surface area contributed by atoms with Crippen LogP contribution in [0.2, 0.25) is 0 Å². The monoisotopic (exact) mass is 514 g/mol. The van der Waals surface area contributed by atoms with E-state index in [0.717, 1.165) is 12.8 Å². The second-order valence-electron chi connectivity index (χ2n) is 12.2. The van der Waals surface area contributed by atoms with Crippen molar-refractivity contribution in [3.63, 3.8) is 0 Å². The maximum absolute atomic E-state index is 15.9. The molecule has 4 aliphatic rings. The average Bonchev–Trinajstić information content (AvgIpc) is 3.14. The number of piperidine rings is 2. The van der Waals surface area contributed by atoms with Gasteiger partial charge >= 0.3 is 6.09 Å². The van der Waals surface area contributed by atoms with E-state index in [9.17, 15) is 19.2 Å². The van der Waals surface area contributed by atoms with Crippen molar-refractivity contribution < 1.29 is 28.3 Å². The number of amides is 4. The van der Waals surface area contributed by atoms with Crippen LogP contribution in [-0.2, 0) is 20.9 Å². The van der Waals surface area contributed by atoms with E-state index in [4.69, 9.17) is 4.74 Å². The Kier molecular flexibility index (Phi) is 5.80. The van der Waals surface area contributed by atoms with Gasteiger partial charge in [0, 0.05) is 48.1 Å². The van der Waals surface area contributed by atoms with Crippen LogP contribution in [0.15, 0.2) is 12.1 Å². The Morgan fingerprint density at radius 1 is 1.14 bits per heavy atom. The van der Waals surface area contributed by atoms with Crippen LogP contribution in [0, 0.1) is 11.2 Å². The number of hydrogen-bond donors (Lipinski definition) is 1. The smallest absolute Gasteiger partial charge is 0.410 e. The minimum atomic E-state index is -0.778. The van der Waals surface area contributed by atoms with Gasteiger partial charge < -0.3 is 19.4 Å². The minimum Gasteiger partial charge on any atom is -0.444 e. The molecule has 9 nitrogen and oxygen atoms in total. The van der Waals surface area contributed by atoms with Crippen LogP contribution in [-0.4, -0.2) is 70.4 Å². The van der Waals surface area contributed by atoms with Crippen LogP contribution >= 0.6 is 0 Å². The zero-order chi connectivity index (χ0) is 26.9. The van der Waals surface area contributed by atoms with E-state index in [0.29, 0.717) is 30.9 Å². The molecule has 200 valence electrons. The molecule has 1 unspecified atom stereocenters. The number of ether oxygens (including phenoxy) is 1. The lowest BCUT2D eigenvalue weighted by Crippen LogP contribution is -2.74. The first-order valence-electron chi connectivity index (χ1n) is 13.0. The molecule has 3 fully saturated rings. The summed E-state index contributed by atoms with van der Waals surface area (Å²) in [5, 5.41) is 2.27. The van der Waals surface area contributed by atoms with Gasteiger partial charge in [-0.3, -0.25) is 19.7 Å². The first kappa shape index (κ1) is 25.5. The Morgan fingerprint density at radius 3 is 2.41 bits per heavy atom. The first-order chi connectivity index (χ1) is 17.2. The number of likely N-dealkylation sites (tertiary alicyclic amines) is 1. The van der Waals surface area contributed by atoms with Gasteiger partial charge in [-0.25, -0.2) is 9.18 Å². The Labute approximate surface area is 216 Å². The molecule has 3 saturated heterocycles. The third-order valence-corrected chi connectivity index (χ3v) is 8.73. The minimum absolute atomic E-state index is 0.00434. The van der Waals surface area contributed by atoms with E-state index in [1.165, 1.54) is 4.90 Å². The number of carbonyl (C=O) groups excluding carboxylic acids is 4. The number of nitrogens with one attached hydrogen (secondary N) is 1. The number of hydrogen-bond acceptors (Lipinski definition) is 6. The van der Waals surface area contributed by atoms with Crippen molar-refractivity contribution in [2.45, 2.75) is 84.0 Å². The van der Waals surface area contributed by atoms with E-state index in [-0.39, 0.29) is 53.8 Å². The lowest BCUT2D eigenvalue weighted by Gasteiger charge is -2.67. The third kappa shape index (κ3) is 4.05. The van der Waals surface area contributed by atoms with Gasteiger partial charge in [0.1, 0.15) is 11.6 Å². The highest BCUT2D eigenvalue weighted by Crippen LogP contribution is 2.56. The fourth-order valence-electron chi connectivity index (χ4n) is 6.29. The van der Waals surface area contributed by atoms with Gasteiger partial charge in [0.15, 0.2) is 5.82 Å². The van der Waals surface area contributed by atoms with Crippen molar-refractivity contribution >= 4 is 29.5 Å². The Hall–Kier alpha value is -3.17. The number of halogens is 1. The summed E-state index contributed by atoms with van der Waals surface area (Å²) in [6.07, 6.45) is 1.68. The highest BCUT2D eigenvalue weighted by atomic mass is 19.1. The van der Waals surface area contributed by atoms with E-state index in [1.54, 1.807) is 17.0 Å². The van der Waals surface area contributed by atoms with Crippen molar-refractivity contribution in [3.05, 3.63) is 29.1 Å². The molecule has 1 spiro atoms. The SMILES string of the molecule is CC(C)(C)OC(=O)N1CCC2(CC1)CN(c1ccc3c(c1F)CN(C1CCC(=O)NC1=O)C3=O)C2(C)C.